The zero-order chi connectivity index (χ0) is 9.83. The summed E-state index contributed by atoms with van der Waals surface area (Å²) in [5, 5.41) is 4.85. The van der Waals surface area contributed by atoms with Crippen molar-refractivity contribution in [2.45, 2.75) is 48.7 Å². The van der Waals surface area contributed by atoms with Gasteiger partial charge in [0.2, 0.25) is 0 Å². The van der Waals surface area contributed by atoms with Gasteiger partial charge in [-0.3, -0.25) is 0 Å². The molecule has 0 saturated heterocycles. The summed E-state index contributed by atoms with van der Waals surface area (Å²) in [7, 11) is 9.41. The summed E-state index contributed by atoms with van der Waals surface area (Å²) >= 11 is 0. The molecular weight excluding hydrogens is 312 g/mol. The van der Waals surface area contributed by atoms with Crippen LogP contribution < -0.4 is 0 Å². The van der Waals surface area contributed by atoms with Crippen LogP contribution in [0.4, 0.5) is 0 Å². The van der Waals surface area contributed by atoms with Crippen LogP contribution in [0.3, 0.4) is 0 Å². The number of halogens is 2. The molecule has 0 amide bonds. The molecule has 12 heavy (non-hydrogen) atoms. The molecule has 0 unspecified atom stereocenters. The Hall–Kier alpha value is 1.67. The summed E-state index contributed by atoms with van der Waals surface area (Å²) in [6, 6.07) is 0. The van der Waals surface area contributed by atoms with Crippen LogP contribution in [0.5, 0.6) is 0 Å². The van der Waals surface area contributed by atoms with Crippen LogP contribution in [0.2, 0.25) is 21.0 Å². The van der Waals surface area contributed by atoms with Crippen LogP contribution in [0.25, 0.3) is 0 Å². The van der Waals surface area contributed by atoms with Crippen LogP contribution >= 0.6 is 20.0 Å². The van der Waals surface area contributed by atoms with Crippen LogP contribution in [0.1, 0.15) is 27.7 Å². The van der Waals surface area contributed by atoms with E-state index in [1.807, 2.05) is 0 Å². The topological polar surface area (TPSA) is 0 Å². The molecule has 0 bridgehead atoms. The second-order valence-electron chi connectivity index (χ2n) is 3.34. The number of hydrogen-bond donors (Lipinski definition) is 0. The molecule has 0 aliphatic heterocycles. The second kappa shape index (κ2) is 5.52. The van der Waals surface area contributed by atoms with Crippen molar-refractivity contribution in [3.8, 4) is 0 Å². The molecule has 0 spiro atoms. The van der Waals surface area contributed by atoms with E-state index in [0.29, 0.717) is 0 Å². The van der Waals surface area contributed by atoms with Gasteiger partial charge < -0.3 is 0 Å². The van der Waals surface area contributed by atoms with Crippen molar-refractivity contribution in [1.82, 2.24) is 0 Å². The van der Waals surface area contributed by atoms with Gasteiger partial charge >= 0.3 is 89.5 Å². The van der Waals surface area contributed by atoms with E-state index in [0.717, 1.165) is 0 Å². The molecule has 0 aromatic heterocycles. The normalized spacial score (nSPS) is 13.5. The van der Waals surface area contributed by atoms with Gasteiger partial charge in [0, 0.05) is 0 Å². The molecule has 0 nitrogen and oxygen atoms in total. The fourth-order valence-electron chi connectivity index (χ4n) is 1.77. The fraction of sp³-hybridized carbons (Fsp3) is 1.00. The van der Waals surface area contributed by atoms with E-state index in [9.17, 15) is 0 Å². The fourth-order valence-corrected chi connectivity index (χ4v) is 51.2. The van der Waals surface area contributed by atoms with Gasteiger partial charge in [0.25, 0.3) is 0 Å². The van der Waals surface area contributed by atoms with Crippen LogP contribution in [0, 0.1) is 0 Å². The Labute approximate surface area is 88.9 Å². The first-order valence-electron chi connectivity index (χ1n) is 4.87. The summed E-state index contributed by atoms with van der Waals surface area (Å²) in [6.45, 7) is 8.96. The maximum absolute atomic E-state index is 6.75. The Morgan fingerprint density at radius 3 is 0.917 bits per heavy atom. The summed E-state index contributed by atoms with van der Waals surface area (Å²) < 4.78 is 0. The van der Waals surface area contributed by atoms with E-state index in [4.69, 9.17) is 20.0 Å². The Kier molecular flexibility index (Phi) is 6.29. The van der Waals surface area contributed by atoms with Crippen molar-refractivity contribution in [1.29, 1.82) is 0 Å². The molecule has 0 atom stereocenters. The molecule has 0 aromatic rings. The molecule has 0 saturated carbocycles. The van der Waals surface area contributed by atoms with Gasteiger partial charge in [-0.2, -0.15) is 0 Å². The van der Waals surface area contributed by atoms with Crippen molar-refractivity contribution in [3.63, 3.8) is 0 Å². The minimum atomic E-state index is -2.05. The molecular formula is C8H20Cl2Ge2. The van der Waals surface area contributed by atoms with Gasteiger partial charge in [-0.1, -0.05) is 0 Å². The summed E-state index contributed by atoms with van der Waals surface area (Å²) in [5.74, 6) is 0. The second-order valence-corrected chi connectivity index (χ2v) is 52.7. The van der Waals surface area contributed by atoms with Gasteiger partial charge in [-0.25, -0.2) is 0 Å². The summed E-state index contributed by atoms with van der Waals surface area (Å²) in [5.41, 5.74) is 0. The van der Waals surface area contributed by atoms with Crippen molar-refractivity contribution < 1.29 is 0 Å². The van der Waals surface area contributed by atoms with E-state index >= 15 is 0 Å². The Bertz CT molecular complexity index is 115. The average Bonchev–Trinajstić information content (AvgIpc) is 2.15. The van der Waals surface area contributed by atoms with E-state index in [2.05, 4.69) is 27.7 Å². The van der Waals surface area contributed by atoms with Crippen LogP contribution in [0.15, 0.2) is 0 Å². The summed E-state index contributed by atoms with van der Waals surface area (Å²) in [4.78, 5) is 0. The van der Waals surface area contributed by atoms with E-state index < -0.39 is 20.7 Å². The predicted molar refractivity (Wildman–Crippen MR) is 65.1 cm³/mol. The molecule has 0 aliphatic carbocycles. The first-order valence-corrected chi connectivity index (χ1v) is 22.8. The van der Waals surface area contributed by atoms with Crippen LogP contribution in [-0.4, -0.2) is 20.7 Å². The SMILES string of the molecule is C[CH2][Ge]([Cl])([CH2]C)[Ge]([Cl])([CH2]C)[CH2]C. The molecule has 4 heteroatoms. The van der Waals surface area contributed by atoms with Gasteiger partial charge in [0.1, 0.15) is 0 Å². The van der Waals surface area contributed by atoms with E-state index in [-0.39, 0.29) is 0 Å². The maximum atomic E-state index is 6.75. The van der Waals surface area contributed by atoms with Crippen LogP contribution in [-0.2, 0) is 0 Å². The van der Waals surface area contributed by atoms with Gasteiger partial charge in [0.05, 0.1) is 0 Å². The minimum absolute atomic E-state index is 1.21. The molecule has 0 fully saturated rings. The van der Waals surface area contributed by atoms with Gasteiger partial charge in [-0.15, -0.1) is 0 Å². The van der Waals surface area contributed by atoms with E-state index in [1.54, 1.807) is 0 Å². The van der Waals surface area contributed by atoms with Gasteiger partial charge in [0.15, 0.2) is 0 Å². The van der Waals surface area contributed by atoms with Crippen molar-refractivity contribution in [2.24, 2.45) is 0 Å². The number of hydrogen-bond acceptors (Lipinski definition) is 0. The third-order valence-corrected chi connectivity index (χ3v) is 76.4. The first kappa shape index (κ1) is 13.7. The zero-order valence-electron chi connectivity index (χ0n) is 8.58. The zero-order valence-corrected chi connectivity index (χ0v) is 14.3. The quantitative estimate of drug-likeness (QED) is 0.650. The average molecular weight is 332 g/mol. The van der Waals surface area contributed by atoms with E-state index in [1.165, 1.54) is 21.0 Å². The third-order valence-electron chi connectivity index (χ3n) is 3.04. The molecule has 0 heterocycles. The standard InChI is InChI=1S/C8H20Cl2Ge2/c1-5-11(9,6-2)12(10,7-3)8-4/h5-8H2,1-4H3. The monoisotopic (exact) mass is 334 g/mol. The Balaban J connectivity index is 4.66. The van der Waals surface area contributed by atoms with Crippen molar-refractivity contribution in [2.75, 3.05) is 0 Å². The summed E-state index contributed by atoms with van der Waals surface area (Å²) in [6.07, 6.45) is 0. The first-order chi connectivity index (χ1) is 5.49. The predicted octanol–water partition coefficient (Wildman–Crippen LogP) is 4.51. The number of rotatable bonds is 5. The molecule has 0 aliphatic rings. The Morgan fingerprint density at radius 1 is 0.667 bits per heavy atom. The molecule has 74 valence electrons. The van der Waals surface area contributed by atoms with Crippen molar-refractivity contribution in [3.05, 3.63) is 0 Å². The van der Waals surface area contributed by atoms with Crippen molar-refractivity contribution >= 4 is 40.8 Å². The molecule has 0 radical (unpaired) electrons. The third kappa shape index (κ3) is 2.58. The Morgan fingerprint density at radius 2 is 0.833 bits per heavy atom. The molecule has 0 N–H and O–H groups in total. The molecule has 0 aromatic carbocycles. The van der Waals surface area contributed by atoms with Gasteiger partial charge in [-0.05, 0) is 0 Å². The molecule has 0 rings (SSSR count).